The third kappa shape index (κ3) is 2.16. The van der Waals surface area contributed by atoms with Gasteiger partial charge in [-0.3, -0.25) is 4.68 Å². The average molecular weight is 207 g/mol. The fourth-order valence-electron chi connectivity index (χ4n) is 2.66. The molecule has 1 aliphatic carbocycles. The Morgan fingerprint density at radius 1 is 1.53 bits per heavy atom. The molecule has 2 atom stereocenters. The molecule has 2 unspecified atom stereocenters. The Kier molecular flexibility index (Phi) is 2.98. The molecule has 84 valence electrons. The topological polar surface area (TPSA) is 29.9 Å². The third-order valence-electron chi connectivity index (χ3n) is 3.54. The molecule has 1 saturated carbocycles. The molecule has 15 heavy (non-hydrogen) atoms. The van der Waals surface area contributed by atoms with Crippen LogP contribution in [0.15, 0.2) is 6.20 Å². The van der Waals surface area contributed by atoms with Gasteiger partial charge in [-0.05, 0) is 25.7 Å². The lowest BCUT2D eigenvalue weighted by Crippen LogP contribution is -2.23. The van der Waals surface area contributed by atoms with Gasteiger partial charge in [0.1, 0.15) is 0 Å². The zero-order chi connectivity index (χ0) is 10.8. The number of nitrogens with zero attached hydrogens (tertiary/aromatic N) is 2. The second kappa shape index (κ2) is 4.25. The van der Waals surface area contributed by atoms with E-state index >= 15 is 0 Å². The lowest BCUT2D eigenvalue weighted by Gasteiger charge is -2.20. The van der Waals surface area contributed by atoms with E-state index in [2.05, 4.69) is 30.5 Å². The molecular weight excluding hydrogens is 186 g/mol. The van der Waals surface area contributed by atoms with Crippen molar-refractivity contribution in [3.8, 4) is 0 Å². The van der Waals surface area contributed by atoms with Gasteiger partial charge in [-0.25, -0.2) is 0 Å². The minimum absolute atomic E-state index is 0.665. The van der Waals surface area contributed by atoms with Crippen molar-refractivity contribution >= 4 is 5.69 Å². The van der Waals surface area contributed by atoms with Crippen LogP contribution >= 0.6 is 0 Å². The van der Waals surface area contributed by atoms with E-state index in [0.717, 1.165) is 11.6 Å². The molecule has 3 heteroatoms. The molecule has 0 amide bonds. The summed E-state index contributed by atoms with van der Waals surface area (Å²) >= 11 is 0. The van der Waals surface area contributed by atoms with Crippen LogP contribution in [-0.2, 0) is 7.05 Å². The SMILES string of the molecule is CCC1CCCC1Nc1cn(C)nc1C. The quantitative estimate of drug-likeness (QED) is 0.826. The molecule has 0 bridgehead atoms. The molecule has 0 radical (unpaired) electrons. The van der Waals surface area contributed by atoms with E-state index in [1.54, 1.807) is 0 Å². The number of aryl methyl sites for hydroxylation is 2. The summed E-state index contributed by atoms with van der Waals surface area (Å²) < 4.78 is 1.88. The summed E-state index contributed by atoms with van der Waals surface area (Å²) in [5.41, 5.74) is 2.32. The molecule has 0 spiro atoms. The molecule has 1 aliphatic rings. The van der Waals surface area contributed by atoms with Crippen LogP contribution < -0.4 is 5.32 Å². The fraction of sp³-hybridized carbons (Fsp3) is 0.750. The van der Waals surface area contributed by atoms with Crippen LogP contribution in [0.2, 0.25) is 0 Å². The second-order valence-corrected chi connectivity index (χ2v) is 4.65. The van der Waals surface area contributed by atoms with Crippen LogP contribution in [0, 0.1) is 12.8 Å². The molecule has 2 rings (SSSR count). The smallest absolute Gasteiger partial charge is 0.0825 e. The van der Waals surface area contributed by atoms with Crippen molar-refractivity contribution < 1.29 is 0 Å². The van der Waals surface area contributed by atoms with Gasteiger partial charge in [-0.15, -0.1) is 0 Å². The largest absolute Gasteiger partial charge is 0.379 e. The highest BCUT2D eigenvalue weighted by atomic mass is 15.3. The first-order valence-corrected chi connectivity index (χ1v) is 5.97. The van der Waals surface area contributed by atoms with Gasteiger partial charge in [0.05, 0.1) is 11.4 Å². The summed E-state index contributed by atoms with van der Waals surface area (Å²) in [7, 11) is 1.98. The van der Waals surface area contributed by atoms with E-state index in [4.69, 9.17) is 0 Å². The monoisotopic (exact) mass is 207 g/mol. The lowest BCUT2D eigenvalue weighted by atomic mass is 10.0. The minimum Gasteiger partial charge on any atom is -0.379 e. The number of hydrogen-bond donors (Lipinski definition) is 1. The maximum atomic E-state index is 4.36. The van der Waals surface area contributed by atoms with Gasteiger partial charge in [-0.2, -0.15) is 5.10 Å². The molecule has 1 heterocycles. The van der Waals surface area contributed by atoms with E-state index in [-0.39, 0.29) is 0 Å². The van der Waals surface area contributed by atoms with Gasteiger partial charge in [0.15, 0.2) is 0 Å². The number of rotatable bonds is 3. The molecule has 1 aromatic heterocycles. The molecule has 1 aromatic rings. The predicted molar refractivity (Wildman–Crippen MR) is 63.0 cm³/mol. The highest BCUT2D eigenvalue weighted by Crippen LogP contribution is 2.31. The first-order chi connectivity index (χ1) is 7.20. The van der Waals surface area contributed by atoms with Crippen LogP contribution in [0.4, 0.5) is 5.69 Å². The normalized spacial score (nSPS) is 25.8. The highest BCUT2D eigenvalue weighted by molar-refractivity contribution is 5.46. The van der Waals surface area contributed by atoms with Crippen LogP contribution in [0.3, 0.4) is 0 Å². The van der Waals surface area contributed by atoms with Gasteiger partial charge >= 0.3 is 0 Å². The number of aromatic nitrogens is 2. The molecule has 0 aromatic carbocycles. The Hall–Kier alpha value is -0.990. The molecular formula is C12H21N3. The van der Waals surface area contributed by atoms with Gasteiger partial charge in [0.2, 0.25) is 0 Å². The molecule has 1 fully saturated rings. The molecule has 0 aliphatic heterocycles. The zero-order valence-electron chi connectivity index (χ0n) is 9.95. The Morgan fingerprint density at radius 3 is 2.93 bits per heavy atom. The summed E-state index contributed by atoms with van der Waals surface area (Å²) in [6, 6.07) is 0.665. The lowest BCUT2D eigenvalue weighted by molar-refractivity contribution is 0.489. The van der Waals surface area contributed by atoms with Crippen LogP contribution in [0.5, 0.6) is 0 Å². The minimum atomic E-state index is 0.665. The van der Waals surface area contributed by atoms with Gasteiger partial charge in [-0.1, -0.05) is 19.8 Å². The van der Waals surface area contributed by atoms with Gasteiger partial charge in [0.25, 0.3) is 0 Å². The highest BCUT2D eigenvalue weighted by Gasteiger charge is 2.26. The summed E-state index contributed by atoms with van der Waals surface area (Å²) in [6.45, 7) is 4.36. The second-order valence-electron chi connectivity index (χ2n) is 4.65. The van der Waals surface area contributed by atoms with Gasteiger partial charge < -0.3 is 5.32 Å². The van der Waals surface area contributed by atoms with Crippen LogP contribution in [0.1, 0.15) is 38.3 Å². The fourth-order valence-corrected chi connectivity index (χ4v) is 2.66. The number of nitrogens with one attached hydrogen (secondary N) is 1. The Bertz CT molecular complexity index is 330. The van der Waals surface area contributed by atoms with E-state index in [9.17, 15) is 0 Å². The Labute approximate surface area is 91.9 Å². The van der Waals surface area contributed by atoms with Crippen molar-refractivity contribution in [2.24, 2.45) is 13.0 Å². The van der Waals surface area contributed by atoms with E-state index in [1.807, 2.05) is 11.7 Å². The van der Waals surface area contributed by atoms with Crippen molar-refractivity contribution in [1.29, 1.82) is 0 Å². The summed E-state index contributed by atoms with van der Waals surface area (Å²) in [5, 5.41) is 8.01. The third-order valence-corrected chi connectivity index (χ3v) is 3.54. The standard InChI is InChI=1S/C12H21N3/c1-4-10-6-5-7-11(10)13-12-8-15(3)14-9(12)2/h8,10-11,13H,4-7H2,1-3H3. The first kappa shape index (κ1) is 10.5. The molecule has 1 N–H and O–H groups in total. The Balaban J connectivity index is 2.05. The summed E-state index contributed by atoms with van der Waals surface area (Å²) in [4.78, 5) is 0. The Morgan fingerprint density at radius 2 is 2.33 bits per heavy atom. The van der Waals surface area contributed by atoms with Crippen molar-refractivity contribution in [2.75, 3.05) is 5.32 Å². The van der Waals surface area contributed by atoms with Crippen LogP contribution in [0.25, 0.3) is 0 Å². The first-order valence-electron chi connectivity index (χ1n) is 5.97. The number of anilines is 1. The van der Waals surface area contributed by atoms with E-state index < -0.39 is 0 Å². The van der Waals surface area contributed by atoms with Crippen molar-refractivity contribution in [1.82, 2.24) is 9.78 Å². The van der Waals surface area contributed by atoms with Crippen LogP contribution in [-0.4, -0.2) is 15.8 Å². The predicted octanol–water partition coefficient (Wildman–Crippen LogP) is 2.72. The summed E-state index contributed by atoms with van der Waals surface area (Å²) in [6.07, 6.45) is 7.44. The van der Waals surface area contributed by atoms with E-state index in [1.165, 1.54) is 31.4 Å². The average Bonchev–Trinajstić information content (AvgIpc) is 2.74. The maximum Gasteiger partial charge on any atom is 0.0825 e. The van der Waals surface area contributed by atoms with E-state index in [0.29, 0.717) is 6.04 Å². The maximum absolute atomic E-state index is 4.36. The van der Waals surface area contributed by atoms with Crippen molar-refractivity contribution in [3.63, 3.8) is 0 Å². The van der Waals surface area contributed by atoms with Crippen molar-refractivity contribution in [2.45, 2.75) is 45.6 Å². The van der Waals surface area contributed by atoms with Crippen molar-refractivity contribution in [3.05, 3.63) is 11.9 Å². The zero-order valence-corrected chi connectivity index (χ0v) is 9.95. The van der Waals surface area contributed by atoms with Gasteiger partial charge in [0, 0.05) is 19.3 Å². The number of hydrogen-bond acceptors (Lipinski definition) is 2. The molecule has 0 saturated heterocycles. The molecule has 3 nitrogen and oxygen atoms in total. The summed E-state index contributed by atoms with van der Waals surface area (Å²) in [5.74, 6) is 0.851.